The maximum atomic E-state index is 5.52. The number of aryl methyl sites for hydroxylation is 3. The number of guanidine groups is 1. The first kappa shape index (κ1) is 21.3. The molecule has 0 spiro atoms. The number of hydrogen-bond donors (Lipinski definition) is 3. The Labute approximate surface area is 182 Å². The molecular weight excluding hydrogens is 394 g/mol. The van der Waals surface area contributed by atoms with Crippen molar-refractivity contribution < 1.29 is 0 Å². The Balaban J connectivity index is 1.79. The van der Waals surface area contributed by atoms with Gasteiger partial charge in [0.05, 0.1) is 6.54 Å². The zero-order valence-corrected chi connectivity index (χ0v) is 18.3. The molecule has 0 aliphatic heterocycles. The predicted molar refractivity (Wildman–Crippen MR) is 126 cm³/mol. The third-order valence-corrected chi connectivity index (χ3v) is 4.64. The van der Waals surface area contributed by atoms with Crippen LogP contribution < -0.4 is 16.0 Å². The van der Waals surface area contributed by atoms with Crippen molar-refractivity contribution in [2.24, 2.45) is 4.99 Å². The summed E-state index contributed by atoms with van der Waals surface area (Å²) >= 11 is 5.52. The molecule has 3 rings (SSSR count). The maximum Gasteiger partial charge on any atom is 0.229 e. The quantitative estimate of drug-likeness (QED) is 0.334. The number of nitrogens with zero attached hydrogens (tertiary/aromatic N) is 4. The van der Waals surface area contributed by atoms with Crippen molar-refractivity contribution in [1.29, 1.82) is 0 Å². The van der Waals surface area contributed by atoms with Gasteiger partial charge in [0.15, 0.2) is 5.11 Å². The lowest BCUT2D eigenvalue weighted by Crippen LogP contribution is -2.39. The Morgan fingerprint density at radius 2 is 1.77 bits per heavy atom. The summed E-state index contributed by atoms with van der Waals surface area (Å²) in [7, 11) is 0. The largest absolute Gasteiger partial charge is 0.332 e. The molecule has 0 saturated carbocycles. The van der Waals surface area contributed by atoms with Gasteiger partial charge in [-0.1, -0.05) is 18.2 Å². The van der Waals surface area contributed by atoms with Gasteiger partial charge >= 0.3 is 0 Å². The average molecular weight is 420 g/mol. The van der Waals surface area contributed by atoms with Crippen molar-refractivity contribution in [2.45, 2.75) is 34.2 Å². The first-order valence-corrected chi connectivity index (χ1v) is 9.98. The lowest BCUT2D eigenvalue weighted by atomic mass is 10.1. The molecule has 0 amide bonds. The van der Waals surface area contributed by atoms with Crippen molar-refractivity contribution in [3.8, 4) is 0 Å². The number of thiocarbonyl (C=S) groups is 1. The molecule has 1 aromatic carbocycles. The molecule has 3 aromatic rings. The summed E-state index contributed by atoms with van der Waals surface area (Å²) < 4.78 is 0. The van der Waals surface area contributed by atoms with Gasteiger partial charge in [0, 0.05) is 29.5 Å². The minimum atomic E-state index is 0.422. The standard InChI is InChI=1S/C22H25N7S/c1-14-7-5-9-19(17(14)4)27-22(30)29-20(24-13-18-8-6-10-23-12-18)28-21-25-15(2)11-16(3)26-21/h5-12H,13H2,1-4H3,(H3,24,25,26,27,28,29,30). The number of benzene rings is 1. The van der Waals surface area contributed by atoms with Gasteiger partial charge in [-0.2, -0.15) is 0 Å². The molecule has 2 heterocycles. The maximum absolute atomic E-state index is 5.52. The Kier molecular flexibility index (Phi) is 7.03. The van der Waals surface area contributed by atoms with E-state index in [1.54, 1.807) is 12.4 Å². The lowest BCUT2D eigenvalue weighted by molar-refractivity contribution is 1.02. The molecule has 154 valence electrons. The summed E-state index contributed by atoms with van der Waals surface area (Å²) in [5.41, 5.74) is 5.99. The van der Waals surface area contributed by atoms with Crippen molar-refractivity contribution >= 4 is 34.9 Å². The van der Waals surface area contributed by atoms with Gasteiger partial charge in [-0.15, -0.1) is 0 Å². The molecule has 7 nitrogen and oxygen atoms in total. The minimum Gasteiger partial charge on any atom is -0.332 e. The van der Waals surface area contributed by atoms with E-state index in [2.05, 4.69) is 55.8 Å². The van der Waals surface area contributed by atoms with Crippen LogP contribution in [0.1, 0.15) is 28.1 Å². The number of nitrogens with one attached hydrogen (secondary N) is 3. The van der Waals surface area contributed by atoms with E-state index in [1.807, 2.05) is 44.2 Å². The van der Waals surface area contributed by atoms with Crippen LogP contribution in [-0.2, 0) is 6.54 Å². The molecule has 0 fully saturated rings. The molecule has 0 radical (unpaired) electrons. The summed E-state index contributed by atoms with van der Waals surface area (Å²) in [6, 6.07) is 11.8. The lowest BCUT2D eigenvalue weighted by Gasteiger charge is -2.16. The van der Waals surface area contributed by atoms with Gasteiger partial charge in [-0.3, -0.25) is 10.3 Å². The Hall–Kier alpha value is -3.39. The number of pyridine rings is 1. The third-order valence-electron chi connectivity index (χ3n) is 4.44. The second-order valence-corrected chi connectivity index (χ2v) is 7.36. The number of rotatable bonds is 4. The van der Waals surface area contributed by atoms with Crippen molar-refractivity contribution in [2.75, 3.05) is 10.6 Å². The molecule has 0 saturated heterocycles. The molecule has 0 aliphatic rings. The van der Waals surface area contributed by atoms with Crippen LogP contribution in [0.25, 0.3) is 0 Å². The fourth-order valence-corrected chi connectivity index (χ4v) is 3.01. The van der Waals surface area contributed by atoms with Crippen LogP contribution in [-0.4, -0.2) is 26.0 Å². The molecule has 0 atom stereocenters. The number of aromatic nitrogens is 3. The molecule has 30 heavy (non-hydrogen) atoms. The average Bonchev–Trinajstić information content (AvgIpc) is 2.70. The molecule has 3 N–H and O–H groups in total. The summed E-state index contributed by atoms with van der Waals surface area (Å²) in [5, 5.41) is 9.93. The summed E-state index contributed by atoms with van der Waals surface area (Å²) in [4.78, 5) is 17.6. The highest BCUT2D eigenvalue weighted by atomic mass is 32.1. The van der Waals surface area contributed by atoms with Crippen LogP contribution >= 0.6 is 12.2 Å². The Morgan fingerprint density at radius 3 is 2.47 bits per heavy atom. The van der Waals surface area contributed by atoms with E-state index in [0.717, 1.165) is 28.2 Å². The Bertz CT molecular complexity index is 1040. The van der Waals surface area contributed by atoms with Gasteiger partial charge in [0.25, 0.3) is 0 Å². The SMILES string of the molecule is Cc1cc(C)nc(NC(=NCc2cccnc2)NC(=S)Nc2cccc(C)c2C)n1. The van der Waals surface area contributed by atoms with Crippen LogP contribution in [0.5, 0.6) is 0 Å². The highest BCUT2D eigenvalue weighted by Crippen LogP contribution is 2.17. The van der Waals surface area contributed by atoms with Gasteiger partial charge in [0.1, 0.15) is 0 Å². The van der Waals surface area contributed by atoms with E-state index in [4.69, 9.17) is 12.2 Å². The number of hydrogen-bond acceptors (Lipinski definition) is 5. The molecule has 2 aromatic heterocycles. The van der Waals surface area contributed by atoms with E-state index >= 15 is 0 Å². The Morgan fingerprint density at radius 1 is 1.00 bits per heavy atom. The zero-order chi connectivity index (χ0) is 21.5. The van der Waals surface area contributed by atoms with Crippen molar-refractivity contribution in [3.05, 3.63) is 76.9 Å². The first-order valence-electron chi connectivity index (χ1n) is 9.57. The van der Waals surface area contributed by atoms with E-state index < -0.39 is 0 Å². The fraction of sp³-hybridized carbons (Fsp3) is 0.227. The predicted octanol–water partition coefficient (Wildman–Crippen LogP) is 4.06. The van der Waals surface area contributed by atoms with Gasteiger partial charge in [0.2, 0.25) is 11.9 Å². The molecule has 0 bridgehead atoms. The molecule has 0 unspecified atom stereocenters. The monoisotopic (exact) mass is 419 g/mol. The van der Waals surface area contributed by atoms with Crippen molar-refractivity contribution in [3.63, 3.8) is 0 Å². The smallest absolute Gasteiger partial charge is 0.229 e. The zero-order valence-electron chi connectivity index (χ0n) is 17.5. The van der Waals surface area contributed by atoms with Gasteiger partial charge in [-0.05, 0) is 74.8 Å². The van der Waals surface area contributed by atoms with Crippen LogP contribution in [0, 0.1) is 27.7 Å². The second-order valence-electron chi connectivity index (χ2n) is 6.95. The topological polar surface area (TPSA) is 87.1 Å². The summed E-state index contributed by atoms with van der Waals surface area (Å²) in [6.45, 7) is 8.40. The normalized spacial score (nSPS) is 11.1. The fourth-order valence-electron chi connectivity index (χ4n) is 2.81. The van der Waals surface area contributed by atoms with Gasteiger partial charge in [-0.25, -0.2) is 15.0 Å². The molecular formula is C22H25N7S. The van der Waals surface area contributed by atoms with E-state index in [0.29, 0.717) is 23.6 Å². The van der Waals surface area contributed by atoms with Crippen LogP contribution in [0.3, 0.4) is 0 Å². The van der Waals surface area contributed by atoms with Crippen LogP contribution in [0.2, 0.25) is 0 Å². The molecule has 8 heteroatoms. The van der Waals surface area contributed by atoms with Crippen LogP contribution in [0.15, 0.2) is 53.8 Å². The van der Waals surface area contributed by atoms with E-state index in [-0.39, 0.29) is 0 Å². The van der Waals surface area contributed by atoms with E-state index in [9.17, 15) is 0 Å². The van der Waals surface area contributed by atoms with E-state index in [1.165, 1.54) is 5.56 Å². The van der Waals surface area contributed by atoms with Crippen molar-refractivity contribution in [1.82, 2.24) is 20.3 Å². The third kappa shape index (κ3) is 6.05. The number of anilines is 2. The minimum absolute atomic E-state index is 0.422. The second kappa shape index (κ2) is 9.89. The first-order chi connectivity index (χ1) is 14.4. The van der Waals surface area contributed by atoms with Crippen LogP contribution in [0.4, 0.5) is 11.6 Å². The number of aliphatic imine (C=N–C) groups is 1. The van der Waals surface area contributed by atoms with Gasteiger partial charge < -0.3 is 10.6 Å². The summed E-state index contributed by atoms with van der Waals surface area (Å²) in [6.07, 6.45) is 3.51. The summed E-state index contributed by atoms with van der Waals surface area (Å²) in [5.74, 6) is 0.908. The highest BCUT2D eigenvalue weighted by Gasteiger charge is 2.09. The highest BCUT2D eigenvalue weighted by molar-refractivity contribution is 7.80. The molecule has 0 aliphatic carbocycles.